The molecule has 1 N–H and O–H groups in total. The van der Waals surface area contributed by atoms with E-state index in [1.807, 2.05) is 17.5 Å². The molecule has 0 spiro atoms. The molecule has 1 aliphatic rings. The van der Waals surface area contributed by atoms with Crippen LogP contribution in [0, 0.1) is 5.92 Å². The van der Waals surface area contributed by atoms with Gasteiger partial charge in [-0.3, -0.25) is 0 Å². The van der Waals surface area contributed by atoms with Gasteiger partial charge in [0.15, 0.2) is 0 Å². The van der Waals surface area contributed by atoms with Crippen LogP contribution in [0.3, 0.4) is 0 Å². The van der Waals surface area contributed by atoms with Gasteiger partial charge in [0.05, 0.1) is 5.01 Å². The number of hydrogen-bond acceptors (Lipinski definition) is 4. The Morgan fingerprint density at radius 3 is 2.89 bits per heavy atom. The number of nitrogens with zero attached hydrogens (tertiary/aromatic N) is 2. The Morgan fingerprint density at radius 1 is 1.39 bits per heavy atom. The quantitative estimate of drug-likeness (QED) is 0.823. The summed E-state index contributed by atoms with van der Waals surface area (Å²) >= 11 is 1.87. The summed E-state index contributed by atoms with van der Waals surface area (Å²) in [6.45, 7) is 10.3. The third-order valence-electron chi connectivity index (χ3n) is 3.29. The second-order valence-corrected chi connectivity index (χ2v) is 6.74. The molecule has 0 saturated carbocycles. The Morgan fingerprint density at radius 2 is 2.17 bits per heavy atom. The summed E-state index contributed by atoms with van der Waals surface area (Å²) in [7, 11) is 0. The van der Waals surface area contributed by atoms with Crippen molar-refractivity contribution in [3.05, 3.63) is 16.1 Å². The van der Waals surface area contributed by atoms with Gasteiger partial charge in [-0.25, -0.2) is 4.98 Å². The Bertz CT molecular complexity index is 343. The summed E-state index contributed by atoms with van der Waals surface area (Å²) < 4.78 is 0. The van der Waals surface area contributed by atoms with Crippen LogP contribution in [-0.4, -0.2) is 36.1 Å². The van der Waals surface area contributed by atoms with Crippen LogP contribution < -0.4 is 5.32 Å². The van der Waals surface area contributed by atoms with E-state index in [2.05, 4.69) is 29.0 Å². The van der Waals surface area contributed by atoms with Crippen LogP contribution >= 0.6 is 11.3 Å². The summed E-state index contributed by atoms with van der Waals surface area (Å²) in [5.74, 6) is 0.715. The van der Waals surface area contributed by atoms with E-state index in [1.54, 1.807) is 0 Å². The summed E-state index contributed by atoms with van der Waals surface area (Å²) in [6.07, 6.45) is 5.91. The molecular weight excluding hydrogens is 242 g/mol. The minimum Gasteiger partial charge on any atom is -0.312 e. The number of likely N-dealkylation sites (tertiary alicyclic amines) is 1. The number of nitrogens with one attached hydrogen (secondary N) is 1. The van der Waals surface area contributed by atoms with Crippen molar-refractivity contribution in [2.24, 2.45) is 5.92 Å². The van der Waals surface area contributed by atoms with Crippen LogP contribution in [0.2, 0.25) is 0 Å². The largest absolute Gasteiger partial charge is 0.312 e. The normalized spacial score (nSPS) is 16.8. The van der Waals surface area contributed by atoms with Gasteiger partial charge in [-0.05, 0) is 38.4 Å². The Hall–Kier alpha value is -0.450. The summed E-state index contributed by atoms with van der Waals surface area (Å²) in [4.78, 5) is 8.45. The summed E-state index contributed by atoms with van der Waals surface area (Å²) in [5.41, 5.74) is 0. The van der Waals surface area contributed by atoms with Crippen molar-refractivity contribution >= 4 is 11.3 Å². The lowest BCUT2D eigenvalue weighted by atomic mass is 10.2. The first-order valence-electron chi connectivity index (χ1n) is 7.10. The standard InChI is InChI=1S/C14H25N3S/c1-12(2)9-15-10-13-11-16-14(18-13)5-8-17-6-3-4-7-17/h11-12,15H,3-10H2,1-2H3. The number of thiazole rings is 1. The third-order valence-corrected chi connectivity index (χ3v) is 4.35. The highest BCUT2D eigenvalue weighted by Crippen LogP contribution is 2.15. The predicted octanol–water partition coefficient (Wildman–Crippen LogP) is 2.53. The molecule has 1 saturated heterocycles. The Kier molecular flexibility index (Phi) is 5.60. The molecule has 4 heteroatoms. The molecule has 0 aromatic carbocycles. The molecule has 0 atom stereocenters. The van der Waals surface area contributed by atoms with Crippen LogP contribution in [0.15, 0.2) is 6.20 Å². The molecule has 0 radical (unpaired) electrons. The van der Waals surface area contributed by atoms with E-state index in [0.717, 1.165) is 19.5 Å². The molecule has 1 fully saturated rings. The second-order valence-electron chi connectivity index (χ2n) is 5.54. The van der Waals surface area contributed by atoms with Crippen molar-refractivity contribution in [3.8, 4) is 0 Å². The Labute approximate surface area is 115 Å². The van der Waals surface area contributed by atoms with Gasteiger partial charge in [-0.15, -0.1) is 11.3 Å². The summed E-state index contributed by atoms with van der Waals surface area (Å²) in [6, 6.07) is 0. The monoisotopic (exact) mass is 267 g/mol. The topological polar surface area (TPSA) is 28.2 Å². The Balaban J connectivity index is 1.68. The fraction of sp³-hybridized carbons (Fsp3) is 0.786. The molecule has 0 unspecified atom stereocenters. The molecular formula is C14H25N3S. The van der Waals surface area contributed by atoms with Crippen LogP contribution in [0.1, 0.15) is 36.6 Å². The molecule has 1 aromatic heterocycles. The fourth-order valence-corrected chi connectivity index (χ4v) is 3.17. The van der Waals surface area contributed by atoms with E-state index in [9.17, 15) is 0 Å². The van der Waals surface area contributed by atoms with Gasteiger partial charge >= 0.3 is 0 Å². The highest BCUT2D eigenvalue weighted by atomic mass is 32.1. The van der Waals surface area contributed by atoms with Crippen molar-refractivity contribution in [3.63, 3.8) is 0 Å². The zero-order valence-corrected chi connectivity index (χ0v) is 12.4. The molecule has 102 valence electrons. The zero-order valence-electron chi connectivity index (χ0n) is 11.6. The van der Waals surface area contributed by atoms with E-state index in [1.165, 1.54) is 42.4 Å². The first-order chi connectivity index (χ1) is 8.74. The van der Waals surface area contributed by atoms with Crippen LogP contribution in [-0.2, 0) is 13.0 Å². The third kappa shape index (κ3) is 4.67. The molecule has 3 nitrogen and oxygen atoms in total. The smallest absolute Gasteiger partial charge is 0.0940 e. The fourth-order valence-electron chi connectivity index (χ4n) is 2.29. The molecule has 1 aliphatic heterocycles. The van der Waals surface area contributed by atoms with Gasteiger partial charge in [0, 0.05) is 30.6 Å². The predicted molar refractivity (Wildman–Crippen MR) is 78.0 cm³/mol. The maximum absolute atomic E-state index is 4.53. The average molecular weight is 267 g/mol. The van der Waals surface area contributed by atoms with Crippen molar-refractivity contribution in [1.29, 1.82) is 0 Å². The minimum atomic E-state index is 0.715. The van der Waals surface area contributed by atoms with Crippen molar-refractivity contribution in [2.75, 3.05) is 26.2 Å². The van der Waals surface area contributed by atoms with Crippen molar-refractivity contribution in [1.82, 2.24) is 15.2 Å². The van der Waals surface area contributed by atoms with Gasteiger partial charge in [0.1, 0.15) is 0 Å². The molecule has 2 rings (SSSR count). The maximum Gasteiger partial charge on any atom is 0.0940 e. The lowest BCUT2D eigenvalue weighted by Gasteiger charge is -2.12. The van der Waals surface area contributed by atoms with Crippen LogP contribution in [0.25, 0.3) is 0 Å². The van der Waals surface area contributed by atoms with Crippen LogP contribution in [0.5, 0.6) is 0 Å². The van der Waals surface area contributed by atoms with E-state index >= 15 is 0 Å². The molecule has 1 aromatic rings. The second kappa shape index (κ2) is 7.22. The molecule has 0 amide bonds. The van der Waals surface area contributed by atoms with Gasteiger partial charge in [0.25, 0.3) is 0 Å². The van der Waals surface area contributed by atoms with Gasteiger partial charge in [-0.1, -0.05) is 13.8 Å². The highest BCUT2D eigenvalue weighted by Gasteiger charge is 2.11. The highest BCUT2D eigenvalue weighted by molar-refractivity contribution is 7.11. The minimum absolute atomic E-state index is 0.715. The number of hydrogen-bond donors (Lipinski definition) is 1. The number of rotatable bonds is 7. The number of aromatic nitrogens is 1. The van der Waals surface area contributed by atoms with Crippen molar-refractivity contribution < 1.29 is 0 Å². The van der Waals surface area contributed by atoms with Crippen LogP contribution in [0.4, 0.5) is 0 Å². The maximum atomic E-state index is 4.53. The molecule has 18 heavy (non-hydrogen) atoms. The van der Waals surface area contributed by atoms with Gasteiger partial charge in [0.2, 0.25) is 0 Å². The summed E-state index contributed by atoms with van der Waals surface area (Å²) in [5, 5.41) is 4.77. The molecule has 0 aliphatic carbocycles. The zero-order chi connectivity index (χ0) is 12.8. The lowest BCUT2D eigenvalue weighted by Crippen LogP contribution is -2.21. The van der Waals surface area contributed by atoms with Gasteiger partial charge < -0.3 is 10.2 Å². The SMILES string of the molecule is CC(C)CNCc1cnc(CCN2CCCC2)s1. The molecule has 2 heterocycles. The first kappa shape index (κ1) is 14.0. The van der Waals surface area contributed by atoms with Crippen molar-refractivity contribution in [2.45, 2.75) is 39.7 Å². The lowest BCUT2D eigenvalue weighted by molar-refractivity contribution is 0.343. The first-order valence-corrected chi connectivity index (χ1v) is 7.92. The van der Waals surface area contributed by atoms with E-state index in [-0.39, 0.29) is 0 Å². The van der Waals surface area contributed by atoms with E-state index in [4.69, 9.17) is 0 Å². The van der Waals surface area contributed by atoms with E-state index in [0.29, 0.717) is 5.92 Å². The van der Waals surface area contributed by atoms with E-state index < -0.39 is 0 Å². The van der Waals surface area contributed by atoms with Gasteiger partial charge in [-0.2, -0.15) is 0 Å². The molecule has 0 bridgehead atoms. The average Bonchev–Trinajstić information content (AvgIpc) is 2.96.